The second-order valence-electron chi connectivity index (χ2n) is 5.38. The fourth-order valence-corrected chi connectivity index (χ4v) is 3.29. The number of thiophene rings is 1. The minimum atomic E-state index is -0.369. The van der Waals surface area contributed by atoms with Gasteiger partial charge in [0.25, 0.3) is 0 Å². The average molecular weight is 360 g/mol. The molecular weight excluding hydrogens is 345 g/mol. The molecule has 1 heterocycles. The van der Waals surface area contributed by atoms with Crippen molar-refractivity contribution in [3.8, 4) is 0 Å². The Morgan fingerprint density at radius 1 is 1.08 bits per heavy atom. The van der Waals surface area contributed by atoms with E-state index in [1.807, 2.05) is 29.0 Å². The number of nitrogens with one attached hydrogen (secondary N) is 1. The molecule has 0 fully saturated rings. The Hall–Kier alpha value is -2.17. The molecule has 0 aliphatic heterocycles. The predicted octanol–water partition coefficient (Wildman–Crippen LogP) is 4.99. The molecule has 2 aromatic carbocycles. The zero-order chi connectivity index (χ0) is 16.9. The summed E-state index contributed by atoms with van der Waals surface area (Å²) in [4.78, 5) is 12.4. The number of halogens is 2. The van der Waals surface area contributed by atoms with Crippen molar-refractivity contribution >= 4 is 28.8 Å². The highest BCUT2D eigenvalue weighted by molar-refractivity contribution is 7.08. The van der Waals surface area contributed by atoms with Crippen molar-refractivity contribution in [1.29, 1.82) is 0 Å². The number of benzene rings is 2. The number of carbonyl (C=O) groups is 1. The van der Waals surface area contributed by atoms with E-state index in [9.17, 15) is 9.18 Å². The van der Waals surface area contributed by atoms with Crippen molar-refractivity contribution in [1.82, 2.24) is 5.32 Å². The van der Waals surface area contributed by atoms with Gasteiger partial charge in [0.15, 0.2) is 0 Å². The van der Waals surface area contributed by atoms with Crippen LogP contribution in [0.25, 0.3) is 0 Å². The van der Waals surface area contributed by atoms with Crippen molar-refractivity contribution in [2.24, 2.45) is 0 Å². The van der Waals surface area contributed by atoms with E-state index in [4.69, 9.17) is 11.6 Å². The van der Waals surface area contributed by atoms with Crippen LogP contribution in [0.2, 0.25) is 5.02 Å². The normalized spacial score (nSPS) is 11.9. The summed E-state index contributed by atoms with van der Waals surface area (Å²) >= 11 is 7.51. The first kappa shape index (κ1) is 16.7. The second kappa shape index (κ2) is 7.60. The number of amides is 1. The Bertz CT molecular complexity index is 818. The van der Waals surface area contributed by atoms with Crippen molar-refractivity contribution in [2.75, 3.05) is 0 Å². The highest BCUT2D eigenvalue weighted by Crippen LogP contribution is 2.25. The van der Waals surface area contributed by atoms with E-state index in [0.29, 0.717) is 10.6 Å². The lowest BCUT2D eigenvalue weighted by Gasteiger charge is -2.19. The molecule has 3 aromatic rings. The highest BCUT2D eigenvalue weighted by Gasteiger charge is 2.18. The third kappa shape index (κ3) is 4.02. The molecule has 24 heavy (non-hydrogen) atoms. The van der Waals surface area contributed by atoms with Gasteiger partial charge in [-0.3, -0.25) is 4.79 Å². The Balaban J connectivity index is 1.81. The maximum absolute atomic E-state index is 13.7. The summed E-state index contributed by atoms with van der Waals surface area (Å²) in [7, 11) is 0. The molecule has 1 N–H and O–H groups in total. The van der Waals surface area contributed by atoms with Gasteiger partial charge in [-0.1, -0.05) is 41.9 Å². The molecule has 1 amide bonds. The van der Waals surface area contributed by atoms with Crippen LogP contribution in [-0.2, 0) is 11.2 Å². The summed E-state index contributed by atoms with van der Waals surface area (Å²) in [5.41, 5.74) is 2.30. The van der Waals surface area contributed by atoms with Crippen LogP contribution in [0.3, 0.4) is 0 Å². The van der Waals surface area contributed by atoms with Crippen LogP contribution in [0.15, 0.2) is 65.4 Å². The van der Waals surface area contributed by atoms with Crippen LogP contribution in [-0.4, -0.2) is 5.91 Å². The first-order valence-corrected chi connectivity index (χ1v) is 8.76. The number of rotatable bonds is 5. The predicted molar refractivity (Wildman–Crippen MR) is 95.9 cm³/mol. The second-order valence-corrected chi connectivity index (χ2v) is 6.59. The average Bonchev–Trinajstić information content (AvgIpc) is 3.10. The van der Waals surface area contributed by atoms with Gasteiger partial charge in [0.05, 0.1) is 12.5 Å². The summed E-state index contributed by atoms with van der Waals surface area (Å²) in [6, 6.07) is 15.3. The van der Waals surface area contributed by atoms with Crippen molar-refractivity contribution in [2.45, 2.75) is 12.5 Å². The minimum Gasteiger partial charge on any atom is -0.345 e. The van der Waals surface area contributed by atoms with Gasteiger partial charge in [0, 0.05) is 5.02 Å². The van der Waals surface area contributed by atoms with Gasteiger partial charge in [0.2, 0.25) is 5.91 Å². The fraction of sp³-hybridized carbons (Fsp3) is 0.105. The number of carbonyl (C=O) groups excluding carboxylic acids is 1. The summed E-state index contributed by atoms with van der Waals surface area (Å²) in [6.45, 7) is 0. The first-order valence-electron chi connectivity index (χ1n) is 7.44. The molecule has 1 aromatic heterocycles. The minimum absolute atomic E-state index is 0.000893. The Morgan fingerprint density at radius 3 is 2.50 bits per heavy atom. The third-order valence-corrected chi connectivity index (χ3v) is 4.65. The standard InChI is InChI=1S/C19H15ClFNOS/c20-16-7-5-13(6-8-16)19(15-9-10-24-12-15)22-18(23)11-14-3-1-2-4-17(14)21/h1-10,12,19H,11H2,(H,22,23)/t19-/m1/s1. The molecule has 0 spiro atoms. The van der Waals surface area contributed by atoms with E-state index >= 15 is 0 Å². The van der Waals surface area contributed by atoms with Crippen LogP contribution in [0.1, 0.15) is 22.7 Å². The number of hydrogen-bond donors (Lipinski definition) is 1. The van der Waals surface area contributed by atoms with Crippen LogP contribution in [0.4, 0.5) is 4.39 Å². The molecule has 0 aliphatic carbocycles. The van der Waals surface area contributed by atoms with Crippen molar-refractivity contribution in [3.63, 3.8) is 0 Å². The van der Waals surface area contributed by atoms with Gasteiger partial charge in [-0.05, 0) is 51.7 Å². The summed E-state index contributed by atoms with van der Waals surface area (Å²) in [5.74, 6) is -0.600. The Labute approximate surface area is 148 Å². The van der Waals surface area contributed by atoms with Gasteiger partial charge in [0.1, 0.15) is 5.82 Å². The van der Waals surface area contributed by atoms with Crippen molar-refractivity contribution in [3.05, 3.63) is 92.9 Å². The monoisotopic (exact) mass is 359 g/mol. The topological polar surface area (TPSA) is 29.1 Å². The molecular formula is C19H15ClFNOS. The zero-order valence-corrected chi connectivity index (χ0v) is 14.3. The lowest BCUT2D eigenvalue weighted by Crippen LogP contribution is -2.30. The molecule has 0 unspecified atom stereocenters. The van der Waals surface area contributed by atoms with E-state index in [1.165, 1.54) is 6.07 Å². The van der Waals surface area contributed by atoms with Crippen LogP contribution >= 0.6 is 22.9 Å². The van der Waals surface area contributed by atoms with Gasteiger partial charge < -0.3 is 5.32 Å². The molecule has 0 saturated heterocycles. The van der Waals surface area contributed by atoms with E-state index in [1.54, 1.807) is 41.7 Å². The quantitative estimate of drug-likeness (QED) is 0.683. The van der Waals surface area contributed by atoms with Crippen LogP contribution in [0.5, 0.6) is 0 Å². The van der Waals surface area contributed by atoms with E-state index < -0.39 is 0 Å². The van der Waals surface area contributed by atoms with Crippen molar-refractivity contribution < 1.29 is 9.18 Å². The third-order valence-electron chi connectivity index (χ3n) is 3.69. The molecule has 3 rings (SSSR count). The SMILES string of the molecule is O=C(Cc1ccccc1F)N[C@H](c1ccc(Cl)cc1)c1ccsc1. The fourth-order valence-electron chi connectivity index (χ4n) is 2.48. The van der Waals surface area contributed by atoms with Crippen LogP contribution < -0.4 is 5.32 Å². The number of hydrogen-bond acceptors (Lipinski definition) is 2. The van der Waals surface area contributed by atoms with Crippen LogP contribution in [0, 0.1) is 5.82 Å². The maximum atomic E-state index is 13.7. The molecule has 0 aliphatic rings. The van der Waals surface area contributed by atoms with E-state index in [2.05, 4.69) is 5.32 Å². The first-order chi connectivity index (χ1) is 11.6. The lowest BCUT2D eigenvalue weighted by molar-refractivity contribution is -0.121. The highest BCUT2D eigenvalue weighted by atomic mass is 35.5. The van der Waals surface area contributed by atoms with E-state index in [0.717, 1.165) is 11.1 Å². The lowest BCUT2D eigenvalue weighted by atomic mass is 10.0. The molecule has 122 valence electrons. The Kier molecular flexibility index (Phi) is 5.28. The van der Waals surface area contributed by atoms with Gasteiger partial charge in [-0.15, -0.1) is 0 Å². The van der Waals surface area contributed by atoms with Gasteiger partial charge in [-0.25, -0.2) is 4.39 Å². The molecule has 0 bridgehead atoms. The van der Waals surface area contributed by atoms with Gasteiger partial charge in [-0.2, -0.15) is 11.3 Å². The maximum Gasteiger partial charge on any atom is 0.225 e. The smallest absolute Gasteiger partial charge is 0.225 e. The summed E-state index contributed by atoms with van der Waals surface area (Å²) < 4.78 is 13.7. The zero-order valence-electron chi connectivity index (χ0n) is 12.7. The molecule has 0 radical (unpaired) electrons. The largest absolute Gasteiger partial charge is 0.345 e. The summed E-state index contributed by atoms with van der Waals surface area (Å²) in [5, 5.41) is 7.58. The molecule has 0 saturated carbocycles. The summed E-state index contributed by atoms with van der Waals surface area (Å²) in [6.07, 6.45) is 0.000893. The van der Waals surface area contributed by atoms with Gasteiger partial charge >= 0.3 is 0 Å². The Morgan fingerprint density at radius 2 is 1.83 bits per heavy atom. The van der Waals surface area contributed by atoms with E-state index in [-0.39, 0.29) is 24.2 Å². The molecule has 1 atom stereocenters. The molecule has 2 nitrogen and oxygen atoms in total. The molecule has 5 heteroatoms.